The lowest BCUT2D eigenvalue weighted by Crippen LogP contribution is -2.39. The highest BCUT2D eigenvalue weighted by Gasteiger charge is 2.17. The van der Waals surface area contributed by atoms with Gasteiger partial charge in [-0.25, -0.2) is 0 Å². The van der Waals surface area contributed by atoms with Crippen LogP contribution < -0.4 is 4.72 Å². The Hall–Kier alpha value is -0.910. The third-order valence-corrected chi connectivity index (χ3v) is 5.29. The van der Waals surface area contributed by atoms with Crippen LogP contribution in [0.2, 0.25) is 0 Å². The minimum atomic E-state index is -3.41. The molecule has 5 nitrogen and oxygen atoms in total. The fourth-order valence-corrected chi connectivity index (χ4v) is 3.68. The third kappa shape index (κ3) is 5.23. The highest BCUT2D eigenvalue weighted by atomic mass is 32.2. The zero-order valence-electron chi connectivity index (χ0n) is 11.7. The van der Waals surface area contributed by atoms with E-state index in [1.54, 1.807) is 0 Å². The van der Waals surface area contributed by atoms with Crippen LogP contribution in [0.5, 0.6) is 0 Å². The molecule has 0 bridgehead atoms. The van der Waals surface area contributed by atoms with Crippen molar-refractivity contribution < 1.29 is 13.5 Å². The maximum Gasteiger partial charge on any atom is 0.279 e. The Morgan fingerprint density at radius 1 is 1.35 bits per heavy atom. The van der Waals surface area contributed by atoms with Gasteiger partial charge in [0.05, 0.1) is 11.5 Å². The zero-order valence-corrected chi connectivity index (χ0v) is 13.4. The van der Waals surface area contributed by atoms with Crippen LogP contribution in [-0.4, -0.2) is 37.5 Å². The number of hydrogen-bond donors (Lipinski definition) is 2. The lowest BCUT2D eigenvalue weighted by atomic mass is 10.4. The van der Waals surface area contributed by atoms with Crippen LogP contribution in [0.3, 0.4) is 0 Å². The number of aliphatic hydroxyl groups is 1. The molecule has 0 radical (unpaired) electrons. The summed E-state index contributed by atoms with van der Waals surface area (Å²) in [6.45, 7) is 4.84. The standard InChI is InChI=1S/C13H20N2O3S2/c1-3-15(4-2)20(17,18)14-11-13-9-8-12(19-13)7-5-6-10-16/h8-9,14,16H,3-4,6,10-11H2,1-2H3. The summed E-state index contributed by atoms with van der Waals surface area (Å²) in [5.74, 6) is 5.77. The molecule has 0 atom stereocenters. The Kier molecular flexibility index (Phi) is 7.19. The molecular formula is C13H20N2O3S2. The molecule has 0 aromatic carbocycles. The molecule has 0 saturated heterocycles. The second-order valence-corrected chi connectivity index (χ2v) is 6.88. The lowest BCUT2D eigenvalue weighted by Gasteiger charge is -2.18. The molecule has 0 saturated carbocycles. The molecule has 2 N–H and O–H groups in total. The summed E-state index contributed by atoms with van der Waals surface area (Å²) >= 11 is 1.45. The Morgan fingerprint density at radius 3 is 2.65 bits per heavy atom. The van der Waals surface area contributed by atoms with Gasteiger partial charge in [0.15, 0.2) is 0 Å². The quantitative estimate of drug-likeness (QED) is 0.742. The topological polar surface area (TPSA) is 69.6 Å². The monoisotopic (exact) mass is 316 g/mol. The van der Waals surface area contributed by atoms with Crippen molar-refractivity contribution in [2.45, 2.75) is 26.8 Å². The van der Waals surface area contributed by atoms with Gasteiger partial charge in [-0.1, -0.05) is 25.7 Å². The Bertz CT molecular complexity index is 566. The summed E-state index contributed by atoms with van der Waals surface area (Å²) in [6.07, 6.45) is 0.446. The van der Waals surface area contributed by atoms with Crippen LogP contribution in [0.25, 0.3) is 0 Å². The molecule has 20 heavy (non-hydrogen) atoms. The Balaban J connectivity index is 2.61. The van der Waals surface area contributed by atoms with Crippen molar-refractivity contribution in [1.82, 2.24) is 9.03 Å². The van der Waals surface area contributed by atoms with E-state index in [0.29, 0.717) is 19.5 Å². The Labute approximate surface area is 124 Å². The molecule has 1 aromatic rings. The molecule has 0 aliphatic heterocycles. The third-order valence-electron chi connectivity index (χ3n) is 2.58. The van der Waals surface area contributed by atoms with Crippen LogP contribution in [0, 0.1) is 11.8 Å². The average molecular weight is 316 g/mol. The van der Waals surface area contributed by atoms with E-state index in [-0.39, 0.29) is 13.2 Å². The van der Waals surface area contributed by atoms with Gasteiger partial charge in [0, 0.05) is 30.9 Å². The van der Waals surface area contributed by atoms with Gasteiger partial charge in [-0.15, -0.1) is 11.3 Å². The fraction of sp³-hybridized carbons (Fsp3) is 0.538. The number of nitrogens with zero attached hydrogens (tertiary/aromatic N) is 1. The molecule has 0 aliphatic carbocycles. The first-order valence-corrected chi connectivity index (χ1v) is 8.72. The lowest BCUT2D eigenvalue weighted by molar-refractivity contribution is 0.305. The van der Waals surface area contributed by atoms with Crippen LogP contribution in [0.4, 0.5) is 0 Å². The van der Waals surface area contributed by atoms with Crippen molar-refractivity contribution in [3.63, 3.8) is 0 Å². The molecule has 7 heteroatoms. The predicted molar refractivity (Wildman–Crippen MR) is 81.6 cm³/mol. The first-order chi connectivity index (χ1) is 9.53. The number of rotatable bonds is 7. The first kappa shape index (κ1) is 17.1. The van der Waals surface area contributed by atoms with Gasteiger partial charge in [-0.3, -0.25) is 0 Å². The predicted octanol–water partition coefficient (Wildman–Crippen LogP) is 1.16. The van der Waals surface area contributed by atoms with Gasteiger partial charge in [0.2, 0.25) is 0 Å². The number of thiophene rings is 1. The average Bonchev–Trinajstić information content (AvgIpc) is 2.86. The molecule has 0 amide bonds. The largest absolute Gasteiger partial charge is 0.395 e. The SMILES string of the molecule is CCN(CC)S(=O)(=O)NCc1ccc(C#CCCO)s1. The second kappa shape index (κ2) is 8.39. The van der Waals surface area contributed by atoms with E-state index in [0.717, 1.165) is 9.75 Å². The van der Waals surface area contributed by atoms with Crippen molar-refractivity contribution in [2.75, 3.05) is 19.7 Å². The molecule has 112 valence electrons. The summed E-state index contributed by atoms with van der Waals surface area (Å²) in [5, 5.41) is 8.64. The number of nitrogens with one attached hydrogen (secondary N) is 1. The molecule has 1 rings (SSSR count). The van der Waals surface area contributed by atoms with Gasteiger partial charge in [0.25, 0.3) is 10.2 Å². The van der Waals surface area contributed by atoms with E-state index in [1.165, 1.54) is 15.6 Å². The van der Waals surface area contributed by atoms with E-state index < -0.39 is 10.2 Å². The zero-order chi connectivity index (χ0) is 15.0. The Morgan fingerprint density at radius 2 is 2.05 bits per heavy atom. The van der Waals surface area contributed by atoms with Gasteiger partial charge in [-0.2, -0.15) is 17.4 Å². The molecule has 1 heterocycles. The van der Waals surface area contributed by atoms with E-state index in [2.05, 4.69) is 16.6 Å². The molecule has 0 fully saturated rings. The van der Waals surface area contributed by atoms with Crippen LogP contribution in [-0.2, 0) is 16.8 Å². The van der Waals surface area contributed by atoms with Crippen molar-refractivity contribution in [3.8, 4) is 11.8 Å². The molecular weight excluding hydrogens is 296 g/mol. The minimum absolute atomic E-state index is 0.0505. The van der Waals surface area contributed by atoms with Gasteiger partial charge >= 0.3 is 0 Å². The van der Waals surface area contributed by atoms with E-state index in [4.69, 9.17) is 5.11 Å². The summed E-state index contributed by atoms with van der Waals surface area (Å²) in [6, 6.07) is 3.72. The van der Waals surface area contributed by atoms with Crippen molar-refractivity contribution in [2.24, 2.45) is 0 Å². The highest BCUT2D eigenvalue weighted by Crippen LogP contribution is 2.15. The molecule has 1 aromatic heterocycles. The maximum atomic E-state index is 11.9. The molecule has 0 unspecified atom stereocenters. The summed E-state index contributed by atoms with van der Waals surface area (Å²) in [5.41, 5.74) is 0. The van der Waals surface area contributed by atoms with Crippen molar-refractivity contribution in [3.05, 3.63) is 21.9 Å². The highest BCUT2D eigenvalue weighted by molar-refractivity contribution is 7.87. The minimum Gasteiger partial charge on any atom is -0.395 e. The maximum absolute atomic E-state index is 11.9. The normalized spacial score (nSPS) is 11.4. The fourth-order valence-electron chi connectivity index (χ4n) is 1.56. The van der Waals surface area contributed by atoms with Gasteiger partial charge < -0.3 is 5.11 Å². The van der Waals surface area contributed by atoms with Crippen LogP contribution >= 0.6 is 11.3 Å². The number of aliphatic hydroxyl groups excluding tert-OH is 1. The summed E-state index contributed by atoms with van der Waals surface area (Å²) < 4.78 is 27.9. The second-order valence-electron chi connectivity index (χ2n) is 3.95. The molecule has 0 aliphatic rings. The number of hydrogen-bond acceptors (Lipinski definition) is 4. The smallest absolute Gasteiger partial charge is 0.279 e. The van der Waals surface area contributed by atoms with E-state index in [9.17, 15) is 8.42 Å². The van der Waals surface area contributed by atoms with Gasteiger partial charge in [-0.05, 0) is 12.1 Å². The van der Waals surface area contributed by atoms with Crippen LogP contribution in [0.15, 0.2) is 12.1 Å². The first-order valence-electron chi connectivity index (χ1n) is 6.46. The van der Waals surface area contributed by atoms with E-state index in [1.807, 2.05) is 26.0 Å². The van der Waals surface area contributed by atoms with Crippen molar-refractivity contribution in [1.29, 1.82) is 0 Å². The molecule has 0 spiro atoms. The summed E-state index contributed by atoms with van der Waals surface area (Å²) in [4.78, 5) is 1.78. The van der Waals surface area contributed by atoms with Gasteiger partial charge in [0.1, 0.15) is 0 Å². The van der Waals surface area contributed by atoms with Crippen molar-refractivity contribution >= 4 is 21.5 Å². The van der Waals surface area contributed by atoms with Crippen LogP contribution in [0.1, 0.15) is 30.0 Å². The summed E-state index contributed by atoms with van der Waals surface area (Å²) in [7, 11) is -3.41. The van der Waals surface area contributed by atoms with E-state index >= 15 is 0 Å².